The number of nitrogens with zero attached hydrogens (tertiary/aromatic N) is 1. The van der Waals surface area contributed by atoms with Gasteiger partial charge in [0.1, 0.15) is 0 Å². The van der Waals surface area contributed by atoms with Crippen molar-refractivity contribution in [3.05, 3.63) is 12.2 Å². The zero-order valence-corrected chi connectivity index (χ0v) is 11.0. The van der Waals surface area contributed by atoms with Gasteiger partial charge in [0.05, 0.1) is 0 Å². The molecule has 0 aliphatic rings. The number of rotatable bonds is 9. The first kappa shape index (κ1) is 15.2. The summed E-state index contributed by atoms with van der Waals surface area (Å²) in [5.74, 6) is -0.0182. The van der Waals surface area contributed by atoms with Crippen molar-refractivity contribution in [2.45, 2.75) is 52.9 Å². The molecule has 0 heterocycles. The topological polar surface area (TPSA) is 32.3 Å². The normalized spacial score (nSPS) is 10.5. The largest absolute Gasteiger partial charge is 0.285 e. The highest BCUT2D eigenvalue weighted by molar-refractivity contribution is 5.92. The standard InChI is InChI=1S/C13H26N2O/c1-5-8-9-12(4)13(16)14-15(10-6-2)11-7-3/h4-11H2,1-3H3,(H,14,16). The first-order valence-electron chi connectivity index (χ1n) is 6.39. The average molecular weight is 226 g/mol. The maximum atomic E-state index is 11.8. The Kier molecular flexibility index (Phi) is 8.91. The number of hydrogen-bond donors (Lipinski definition) is 1. The first-order valence-corrected chi connectivity index (χ1v) is 6.39. The summed E-state index contributed by atoms with van der Waals surface area (Å²) in [5, 5.41) is 1.99. The van der Waals surface area contributed by atoms with Crippen molar-refractivity contribution in [1.29, 1.82) is 0 Å². The minimum absolute atomic E-state index is 0.0182. The van der Waals surface area contributed by atoms with Crippen LogP contribution >= 0.6 is 0 Å². The molecular formula is C13H26N2O. The van der Waals surface area contributed by atoms with Gasteiger partial charge < -0.3 is 0 Å². The van der Waals surface area contributed by atoms with Gasteiger partial charge in [0.2, 0.25) is 0 Å². The lowest BCUT2D eigenvalue weighted by Gasteiger charge is -2.22. The third-order valence-electron chi connectivity index (χ3n) is 2.40. The summed E-state index contributed by atoms with van der Waals surface area (Å²) in [6, 6.07) is 0. The molecule has 0 aromatic heterocycles. The molecule has 0 rings (SSSR count). The van der Waals surface area contributed by atoms with E-state index >= 15 is 0 Å². The molecule has 0 fully saturated rings. The first-order chi connectivity index (χ1) is 7.65. The predicted molar refractivity (Wildman–Crippen MR) is 69.0 cm³/mol. The third-order valence-corrected chi connectivity index (χ3v) is 2.40. The molecule has 0 spiro atoms. The summed E-state index contributed by atoms with van der Waals surface area (Å²) in [5.41, 5.74) is 3.62. The fourth-order valence-corrected chi connectivity index (χ4v) is 1.49. The maximum Gasteiger partial charge on any atom is 0.260 e. The Morgan fingerprint density at radius 2 is 1.69 bits per heavy atom. The number of carbonyl (C=O) groups excluding carboxylic acids is 1. The number of nitrogens with one attached hydrogen (secondary N) is 1. The Hall–Kier alpha value is -0.830. The molecule has 0 radical (unpaired) electrons. The van der Waals surface area contributed by atoms with Gasteiger partial charge in [-0.25, -0.2) is 5.01 Å². The highest BCUT2D eigenvalue weighted by Crippen LogP contribution is 2.05. The van der Waals surface area contributed by atoms with E-state index in [1.54, 1.807) is 0 Å². The van der Waals surface area contributed by atoms with E-state index in [0.29, 0.717) is 5.57 Å². The molecule has 0 saturated carbocycles. The smallest absolute Gasteiger partial charge is 0.260 e. The van der Waals surface area contributed by atoms with Gasteiger partial charge in [-0.05, 0) is 25.7 Å². The quantitative estimate of drug-likeness (QED) is 0.484. The van der Waals surface area contributed by atoms with E-state index in [1.165, 1.54) is 0 Å². The summed E-state index contributed by atoms with van der Waals surface area (Å²) in [6.45, 7) is 12.0. The SMILES string of the molecule is C=C(CCCC)C(=O)NN(CCC)CCC. The Labute approximate surface area is 99.9 Å². The molecule has 16 heavy (non-hydrogen) atoms. The Morgan fingerprint density at radius 1 is 1.12 bits per heavy atom. The second kappa shape index (κ2) is 9.40. The van der Waals surface area contributed by atoms with Crippen LogP contribution in [0.3, 0.4) is 0 Å². The van der Waals surface area contributed by atoms with Crippen molar-refractivity contribution >= 4 is 5.91 Å². The molecule has 0 bridgehead atoms. The second-order valence-electron chi connectivity index (χ2n) is 4.14. The highest BCUT2D eigenvalue weighted by Gasteiger charge is 2.10. The van der Waals surface area contributed by atoms with E-state index < -0.39 is 0 Å². The lowest BCUT2D eigenvalue weighted by atomic mass is 10.1. The molecule has 3 nitrogen and oxygen atoms in total. The molecule has 0 atom stereocenters. The Morgan fingerprint density at radius 3 is 2.12 bits per heavy atom. The number of unbranched alkanes of at least 4 members (excludes halogenated alkanes) is 1. The van der Waals surface area contributed by atoms with Gasteiger partial charge in [-0.15, -0.1) is 0 Å². The maximum absolute atomic E-state index is 11.8. The van der Waals surface area contributed by atoms with Crippen molar-refractivity contribution < 1.29 is 4.79 Å². The molecule has 1 N–H and O–H groups in total. The van der Waals surface area contributed by atoms with Crippen molar-refractivity contribution in [1.82, 2.24) is 10.4 Å². The number of hydrazine groups is 1. The molecule has 0 saturated heterocycles. The van der Waals surface area contributed by atoms with Crippen LogP contribution in [-0.2, 0) is 4.79 Å². The third kappa shape index (κ3) is 6.62. The monoisotopic (exact) mass is 226 g/mol. The van der Waals surface area contributed by atoms with E-state index in [2.05, 4.69) is 32.8 Å². The number of carbonyl (C=O) groups is 1. The van der Waals surface area contributed by atoms with Gasteiger partial charge in [0.25, 0.3) is 5.91 Å². The van der Waals surface area contributed by atoms with E-state index in [1.807, 2.05) is 5.01 Å². The lowest BCUT2D eigenvalue weighted by Crippen LogP contribution is -2.43. The van der Waals surface area contributed by atoms with Crippen LogP contribution in [0.2, 0.25) is 0 Å². The molecule has 0 aliphatic carbocycles. The number of amides is 1. The Bertz CT molecular complexity index is 208. The zero-order chi connectivity index (χ0) is 12.4. The van der Waals surface area contributed by atoms with Crippen LogP contribution < -0.4 is 5.43 Å². The van der Waals surface area contributed by atoms with Crippen molar-refractivity contribution in [3.63, 3.8) is 0 Å². The van der Waals surface area contributed by atoms with Crippen molar-refractivity contribution in [3.8, 4) is 0 Å². The van der Waals surface area contributed by atoms with E-state index in [9.17, 15) is 4.79 Å². The van der Waals surface area contributed by atoms with Crippen LogP contribution in [0.4, 0.5) is 0 Å². The summed E-state index contributed by atoms with van der Waals surface area (Å²) in [6.07, 6.45) is 5.02. The van der Waals surface area contributed by atoms with Crippen molar-refractivity contribution in [2.75, 3.05) is 13.1 Å². The molecule has 0 aliphatic heterocycles. The minimum atomic E-state index is -0.0182. The molecule has 0 unspecified atom stereocenters. The lowest BCUT2D eigenvalue weighted by molar-refractivity contribution is -0.122. The summed E-state index contributed by atoms with van der Waals surface area (Å²) < 4.78 is 0. The van der Waals surface area contributed by atoms with Gasteiger partial charge in [0, 0.05) is 18.7 Å². The molecule has 0 aromatic carbocycles. The van der Waals surface area contributed by atoms with Gasteiger partial charge in [-0.3, -0.25) is 10.2 Å². The molecule has 0 aromatic rings. The molecule has 94 valence electrons. The molecular weight excluding hydrogens is 200 g/mol. The van der Waals surface area contributed by atoms with Crippen LogP contribution in [0.1, 0.15) is 52.9 Å². The molecule has 3 heteroatoms. The highest BCUT2D eigenvalue weighted by atomic mass is 16.2. The van der Waals surface area contributed by atoms with E-state index in [0.717, 1.165) is 45.2 Å². The fourth-order valence-electron chi connectivity index (χ4n) is 1.49. The van der Waals surface area contributed by atoms with Crippen LogP contribution in [0.5, 0.6) is 0 Å². The Balaban J connectivity index is 4.01. The van der Waals surface area contributed by atoms with Crippen LogP contribution in [-0.4, -0.2) is 24.0 Å². The second-order valence-corrected chi connectivity index (χ2v) is 4.14. The fraction of sp³-hybridized carbons (Fsp3) is 0.769. The van der Waals surface area contributed by atoms with E-state index in [-0.39, 0.29) is 5.91 Å². The van der Waals surface area contributed by atoms with Gasteiger partial charge in [-0.1, -0.05) is 33.8 Å². The van der Waals surface area contributed by atoms with Crippen LogP contribution in [0, 0.1) is 0 Å². The van der Waals surface area contributed by atoms with Crippen LogP contribution in [0.25, 0.3) is 0 Å². The summed E-state index contributed by atoms with van der Waals surface area (Å²) in [4.78, 5) is 11.8. The zero-order valence-electron chi connectivity index (χ0n) is 11.0. The van der Waals surface area contributed by atoms with Gasteiger partial charge >= 0.3 is 0 Å². The predicted octanol–water partition coefficient (Wildman–Crippen LogP) is 2.89. The van der Waals surface area contributed by atoms with E-state index in [4.69, 9.17) is 0 Å². The molecule has 1 amide bonds. The van der Waals surface area contributed by atoms with Gasteiger partial charge in [0.15, 0.2) is 0 Å². The summed E-state index contributed by atoms with van der Waals surface area (Å²) >= 11 is 0. The summed E-state index contributed by atoms with van der Waals surface area (Å²) in [7, 11) is 0. The van der Waals surface area contributed by atoms with Crippen LogP contribution in [0.15, 0.2) is 12.2 Å². The van der Waals surface area contributed by atoms with Gasteiger partial charge in [-0.2, -0.15) is 0 Å². The minimum Gasteiger partial charge on any atom is -0.285 e. The number of hydrogen-bond acceptors (Lipinski definition) is 2. The van der Waals surface area contributed by atoms with Crippen molar-refractivity contribution in [2.24, 2.45) is 0 Å². The average Bonchev–Trinajstić information content (AvgIpc) is 2.26.